The van der Waals surface area contributed by atoms with Crippen molar-refractivity contribution >= 4 is 16.7 Å². The van der Waals surface area contributed by atoms with Gasteiger partial charge >= 0.3 is 0 Å². The molecule has 30 heavy (non-hydrogen) atoms. The molecule has 0 saturated heterocycles. The van der Waals surface area contributed by atoms with Crippen molar-refractivity contribution in [2.45, 2.75) is 39.0 Å². The quantitative estimate of drug-likeness (QED) is 0.554. The Hall–Kier alpha value is -3.39. The van der Waals surface area contributed by atoms with Gasteiger partial charge in [-0.3, -0.25) is 4.98 Å². The van der Waals surface area contributed by atoms with E-state index >= 15 is 0 Å². The van der Waals surface area contributed by atoms with E-state index in [4.69, 9.17) is 16.5 Å². The predicted octanol–water partition coefficient (Wildman–Crippen LogP) is 4.84. The third-order valence-corrected chi connectivity index (χ3v) is 6.92. The number of ketones is 1. The molecule has 0 saturated carbocycles. The van der Waals surface area contributed by atoms with Gasteiger partial charge in [-0.2, -0.15) is 0 Å². The molecule has 0 unspecified atom stereocenters. The number of rotatable bonds is 1. The number of allylic oxidation sites excluding steroid dienone is 2. The Morgan fingerprint density at radius 3 is 2.80 bits per heavy atom. The van der Waals surface area contributed by atoms with Crippen LogP contribution in [0.2, 0.25) is 0 Å². The topological polar surface area (TPSA) is 60.1 Å². The monoisotopic (exact) mass is 394 g/mol. The highest BCUT2D eigenvalue weighted by molar-refractivity contribution is 6.00. The second-order valence-corrected chi connectivity index (χ2v) is 8.56. The SMILES string of the molecule is [C-]#[N+]C1=C[C@@]2(C)c3nc(-c4ccnc5ccccc45)nc(C)c3CC[C@@H]2[C@@H](C)C1=O. The number of Topliss-reactive ketones (excluding diaryl/α,β-unsaturated/α-hetero) is 1. The van der Waals surface area contributed by atoms with Crippen molar-refractivity contribution in [3.63, 3.8) is 0 Å². The number of nitrogens with zero attached hydrogens (tertiary/aromatic N) is 4. The van der Waals surface area contributed by atoms with E-state index in [2.05, 4.69) is 16.8 Å². The zero-order valence-corrected chi connectivity index (χ0v) is 17.3. The lowest BCUT2D eigenvalue weighted by Gasteiger charge is -2.46. The first-order chi connectivity index (χ1) is 14.4. The number of hydrogen-bond acceptors (Lipinski definition) is 4. The number of fused-ring (bicyclic) bond motifs is 4. The fourth-order valence-corrected chi connectivity index (χ4v) is 5.33. The Morgan fingerprint density at radius 1 is 1.20 bits per heavy atom. The highest BCUT2D eigenvalue weighted by atomic mass is 16.1. The molecule has 0 bridgehead atoms. The molecule has 5 nitrogen and oxygen atoms in total. The number of benzene rings is 1. The Labute approximate surface area is 175 Å². The third-order valence-electron chi connectivity index (χ3n) is 6.92. The van der Waals surface area contributed by atoms with Crippen LogP contribution in [0.4, 0.5) is 0 Å². The van der Waals surface area contributed by atoms with E-state index in [1.165, 1.54) is 0 Å². The van der Waals surface area contributed by atoms with Crippen LogP contribution >= 0.6 is 0 Å². The van der Waals surface area contributed by atoms with E-state index in [0.717, 1.165) is 46.3 Å². The molecule has 5 rings (SSSR count). The number of aryl methyl sites for hydroxylation is 1. The van der Waals surface area contributed by atoms with Crippen LogP contribution in [-0.2, 0) is 16.6 Å². The standard InChI is InChI=1S/C25H22N4O/c1-14-19-10-9-16-15(2)28-24(18-11-12-27-20-8-6-5-7-17(18)20)29-23(16)25(19,3)13-21(26-4)22(14)30/h5-8,11-14,19H,9-10H2,1-3H3/t14-,19-,25-/m1/s1. The Morgan fingerprint density at radius 2 is 2.00 bits per heavy atom. The smallest absolute Gasteiger partial charge is 0.226 e. The molecule has 0 fully saturated rings. The lowest BCUT2D eigenvalue weighted by atomic mass is 9.58. The molecule has 0 spiro atoms. The molecular formula is C25H22N4O. The van der Waals surface area contributed by atoms with Crippen molar-refractivity contribution < 1.29 is 4.79 Å². The summed E-state index contributed by atoms with van der Waals surface area (Å²) in [6.07, 6.45) is 5.42. The maximum absolute atomic E-state index is 12.6. The summed E-state index contributed by atoms with van der Waals surface area (Å²) < 4.78 is 0. The molecule has 0 aliphatic heterocycles. The highest BCUT2D eigenvalue weighted by Crippen LogP contribution is 2.50. The summed E-state index contributed by atoms with van der Waals surface area (Å²) >= 11 is 0. The van der Waals surface area contributed by atoms with E-state index in [1.807, 2.05) is 50.3 Å². The fourth-order valence-electron chi connectivity index (χ4n) is 5.33. The molecule has 5 heteroatoms. The Kier molecular flexibility index (Phi) is 4.08. The summed E-state index contributed by atoms with van der Waals surface area (Å²) in [5.74, 6) is 0.591. The van der Waals surface area contributed by atoms with Crippen molar-refractivity contribution in [2.75, 3.05) is 0 Å². The van der Waals surface area contributed by atoms with Crippen LogP contribution in [-0.4, -0.2) is 20.7 Å². The van der Waals surface area contributed by atoms with Gasteiger partial charge in [0.05, 0.1) is 17.8 Å². The molecular weight excluding hydrogens is 372 g/mol. The van der Waals surface area contributed by atoms with Crippen LogP contribution in [0.3, 0.4) is 0 Å². The number of carbonyl (C=O) groups excluding carboxylic acids is 1. The minimum Gasteiger partial charge on any atom is -0.308 e. The Bertz CT molecular complexity index is 1280. The van der Waals surface area contributed by atoms with Crippen LogP contribution in [0.5, 0.6) is 0 Å². The van der Waals surface area contributed by atoms with Gasteiger partial charge in [0.1, 0.15) is 0 Å². The summed E-state index contributed by atoms with van der Waals surface area (Å²) in [6.45, 7) is 13.6. The number of para-hydroxylation sites is 1. The van der Waals surface area contributed by atoms with E-state index in [0.29, 0.717) is 5.82 Å². The van der Waals surface area contributed by atoms with E-state index in [-0.39, 0.29) is 23.3 Å². The minimum absolute atomic E-state index is 0.0398. The van der Waals surface area contributed by atoms with Gasteiger partial charge in [0, 0.05) is 34.2 Å². The average molecular weight is 394 g/mol. The van der Waals surface area contributed by atoms with Crippen molar-refractivity contribution in [3.05, 3.63) is 76.7 Å². The van der Waals surface area contributed by atoms with Crippen molar-refractivity contribution in [1.29, 1.82) is 0 Å². The molecule has 0 radical (unpaired) electrons. The second-order valence-electron chi connectivity index (χ2n) is 8.56. The molecule has 148 valence electrons. The molecule has 2 aliphatic carbocycles. The maximum atomic E-state index is 12.6. The number of aromatic nitrogens is 3. The highest BCUT2D eigenvalue weighted by Gasteiger charge is 2.49. The average Bonchev–Trinajstić information content (AvgIpc) is 2.76. The summed E-state index contributed by atoms with van der Waals surface area (Å²) in [4.78, 5) is 30.6. The normalized spacial score (nSPS) is 25.3. The first kappa shape index (κ1) is 18.6. The molecule has 3 atom stereocenters. The number of carbonyl (C=O) groups is 1. The number of hydrogen-bond donors (Lipinski definition) is 0. The van der Waals surface area contributed by atoms with E-state index < -0.39 is 5.41 Å². The summed E-state index contributed by atoms with van der Waals surface area (Å²) in [6, 6.07) is 9.95. The first-order valence-corrected chi connectivity index (χ1v) is 10.3. The van der Waals surface area contributed by atoms with Gasteiger partial charge in [0.25, 0.3) is 0 Å². The minimum atomic E-state index is -0.452. The maximum Gasteiger partial charge on any atom is 0.226 e. The molecule has 2 aromatic heterocycles. The fraction of sp³-hybridized carbons (Fsp3) is 0.320. The van der Waals surface area contributed by atoms with Gasteiger partial charge in [0.15, 0.2) is 11.6 Å². The van der Waals surface area contributed by atoms with E-state index in [1.54, 1.807) is 6.20 Å². The van der Waals surface area contributed by atoms with Gasteiger partial charge in [-0.15, -0.1) is 0 Å². The number of pyridine rings is 1. The van der Waals surface area contributed by atoms with Gasteiger partial charge < -0.3 is 4.79 Å². The summed E-state index contributed by atoms with van der Waals surface area (Å²) in [5, 5.41) is 1.02. The predicted molar refractivity (Wildman–Crippen MR) is 116 cm³/mol. The molecule has 1 aromatic carbocycles. The van der Waals surface area contributed by atoms with Crippen LogP contribution in [0.25, 0.3) is 27.1 Å². The van der Waals surface area contributed by atoms with Crippen LogP contribution < -0.4 is 0 Å². The first-order valence-electron chi connectivity index (χ1n) is 10.3. The van der Waals surface area contributed by atoms with Gasteiger partial charge in [-0.05, 0) is 43.4 Å². The van der Waals surface area contributed by atoms with Crippen LogP contribution in [0.15, 0.2) is 48.3 Å². The zero-order chi connectivity index (χ0) is 21.0. The molecule has 2 heterocycles. The second kappa shape index (κ2) is 6.56. The molecule has 0 amide bonds. The van der Waals surface area contributed by atoms with Crippen molar-refractivity contribution in [1.82, 2.24) is 15.0 Å². The van der Waals surface area contributed by atoms with Crippen LogP contribution in [0.1, 0.15) is 37.2 Å². The van der Waals surface area contributed by atoms with Crippen molar-refractivity contribution in [3.8, 4) is 11.4 Å². The lowest BCUT2D eigenvalue weighted by molar-refractivity contribution is -0.121. The largest absolute Gasteiger partial charge is 0.308 e. The zero-order valence-electron chi connectivity index (χ0n) is 17.3. The van der Waals surface area contributed by atoms with E-state index in [9.17, 15) is 4.79 Å². The molecule has 3 aromatic rings. The Balaban J connectivity index is 1.77. The third kappa shape index (κ3) is 2.53. The molecule has 0 N–H and O–H groups in total. The van der Waals surface area contributed by atoms with Gasteiger partial charge in [-0.25, -0.2) is 14.8 Å². The van der Waals surface area contributed by atoms with Crippen molar-refractivity contribution in [2.24, 2.45) is 11.8 Å². The summed E-state index contributed by atoms with van der Waals surface area (Å²) in [7, 11) is 0. The van der Waals surface area contributed by atoms with Crippen LogP contribution in [0, 0.1) is 25.3 Å². The molecule has 2 aliphatic rings. The lowest BCUT2D eigenvalue weighted by Crippen LogP contribution is -2.46. The summed E-state index contributed by atoms with van der Waals surface area (Å²) in [5.41, 5.74) is 4.72. The van der Waals surface area contributed by atoms with Gasteiger partial charge in [0.2, 0.25) is 5.70 Å². The van der Waals surface area contributed by atoms with Gasteiger partial charge in [-0.1, -0.05) is 38.1 Å².